The standard InChI is InChI=1S/C14H8O2.2H2O2S/c15-13-9-5-1-2-6-10(9)14(16)12-8-4-3-7-11(12)13;2*1-3-2/h1-8H;2*1-2H. The summed E-state index contributed by atoms with van der Waals surface area (Å²) in [4.78, 5) is 24.2. The average molecular weight is 340 g/mol. The van der Waals surface area contributed by atoms with Crippen LogP contribution in [0.4, 0.5) is 0 Å². The summed E-state index contributed by atoms with van der Waals surface area (Å²) in [5.41, 5.74) is 2.02. The van der Waals surface area contributed by atoms with E-state index in [0.29, 0.717) is 22.3 Å². The monoisotopic (exact) mass is 340 g/mol. The Morgan fingerprint density at radius 3 is 0.909 bits per heavy atom. The zero-order valence-electron chi connectivity index (χ0n) is 11.0. The smallest absolute Gasteiger partial charge is 0.194 e. The normalized spacial score (nSPS) is 11.3. The summed E-state index contributed by atoms with van der Waals surface area (Å²) < 4.78 is 28.2. The molecule has 116 valence electrons. The third kappa shape index (κ3) is 4.17. The lowest BCUT2D eigenvalue weighted by molar-refractivity contribution is 0.0979. The van der Waals surface area contributed by atoms with Crippen LogP contribution in [-0.4, -0.2) is 29.8 Å². The molecule has 8 heteroatoms. The molecule has 0 heterocycles. The fourth-order valence-corrected chi connectivity index (χ4v) is 2.05. The van der Waals surface area contributed by atoms with Gasteiger partial charge < -0.3 is 18.2 Å². The topological polar surface area (TPSA) is 115 Å². The molecule has 1 aliphatic carbocycles. The van der Waals surface area contributed by atoms with Gasteiger partial charge in [-0.05, 0) is 0 Å². The van der Waals surface area contributed by atoms with Gasteiger partial charge in [0, 0.05) is 22.3 Å². The van der Waals surface area contributed by atoms with Gasteiger partial charge in [-0.3, -0.25) is 9.59 Å². The molecule has 6 nitrogen and oxygen atoms in total. The summed E-state index contributed by atoms with van der Waals surface area (Å²) in [5, 5.41) is 0. The first-order valence-electron chi connectivity index (χ1n) is 5.79. The molecule has 22 heavy (non-hydrogen) atoms. The number of rotatable bonds is 0. The Morgan fingerprint density at radius 2 is 0.727 bits per heavy atom. The maximum Gasteiger partial charge on any atom is 0.194 e. The van der Waals surface area contributed by atoms with Crippen LogP contribution < -0.4 is 0 Å². The van der Waals surface area contributed by atoms with E-state index in [1.807, 2.05) is 0 Å². The molecule has 0 bridgehead atoms. The van der Waals surface area contributed by atoms with Crippen molar-refractivity contribution in [1.82, 2.24) is 0 Å². The first-order valence-corrected chi connectivity index (χ1v) is 7.25. The number of ketones is 2. The lowest BCUT2D eigenvalue weighted by atomic mass is 9.84. The predicted molar refractivity (Wildman–Crippen MR) is 85.4 cm³/mol. The Labute approximate surface area is 135 Å². The van der Waals surface area contributed by atoms with Crippen molar-refractivity contribution in [2.24, 2.45) is 0 Å². The number of carbonyl (C=O) groups is 2. The summed E-state index contributed by atoms with van der Waals surface area (Å²) >= 11 is -0.500. The molecule has 2 aromatic rings. The molecular weight excluding hydrogens is 328 g/mol. The lowest BCUT2D eigenvalue weighted by Gasteiger charge is -2.16. The first-order chi connectivity index (χ1) is 10.6. The van der Waals surface area contributed by atoms with E-state index in [2.05, 4.69) is 0 Å². The van der Waals surface area contributed by atoms with Crippen molar-refractivity contribution in [3.05, 3.63) is 70.8 Å². The van der Waals surface area contributed by atoms with Crippen molar-refractivity contribution in [3.8, 4) is 0 Å². The van der Waals surface area contributed by atoms with E-state index >= 15 is 0 Å². The van der Waals surface area contributed by atoms with Gasteiger partial charge in [0.2, 0.25) is 0 Å². The predicted octanol–water partition coefficient (Wildman–Crippen LogP) is 3.79. The molecule has 2 aromatic carbocycles. The second kappa shape index (κ2) is 9.36. The summed E-state index contributed by atoms with van der Waals surface area (Å²) in [6.45, 7) is 0. The highest BCUT2D eigenvalue weighted by Gasteiger charge is 2.28. The van der Waals surface area contributed by atoms with Crippen LogP contribution in [0.15, 0.2) is 48.5 Å². The molecule has 0 spiro atoms. The fourth-order valence-electron chi connectivity index (χ4n) is 2.05. The van der Waals surface area contributed by atoms with Crippen molar-refractivity contribution < 1.29 is 27.8 Å². The molecule has 3 rings (SSSR count). The van der Waals surface area contributed by atoms with Gasteiger partial charge >= 0.3 is 0 Å². The zero-order chi connectivity index (χ0) is 16.5. The highest BCUT2D eigenvalue weighted by Crippen LogP contribution is 2.26. The third-order valence-electron chi connectivity index (χ3n) is 2.83. The van der Waals surface area contributed by atoms with Crippen LogP contribution in [0.3, 0.4) is 0 Å². The highest BCUT2D eigenvalue weighted by molar-refractivity contribution is 7.88. The molecule has 4 N–H and O–H groups in total. The molecular formula is C14H12O6S2. The van der Waals surface area contributed by atoms with Crippen LogP contribution in [0.1, 0.15) is 31.8 Å². The Bertz CT molecular complexity index is 552. The Morgan fingerprint density at radius 1 is 0.545 bits per heavy atom. The van der Waals surface area contributed by atoms with Crippen molar-refractivity contribution in [2.75, 3.05) is 0 Å². The van der Waals surface area contributed by atoms with E-state index in [1.54, 1.807) is 48.5 Å². The van der Waals surface area contributed by atoms with Crippen molar-refractivity contribution in [1.29, 1.82) is 0 Å². The molecule has 0 saturated heterocycles. The van der Waals surface area contributed by atoms with Crippen molar-refractivity contribution >= 4 is 36.2 Å². The lowest BCUT2D eigenvalue weighted by Crippen LogP contribution is -2.20. The third-order valence-corrected chi connectivity index (χ3v) is 2.83. The van der Waals surface area contributed by atoms with E-state index in [0.717, 1.165) is 0 Å². The zero-order valence-corrected chi connectivity index (χ0v) is 12.7. The number of hydrogen-bond acceptors (Lipinski definition) is 8. The van der Waals surface area contributed by atoms with E-state index in [4.69, 9.17) is 18.2 Å². The van der Waals surface area contributed by atoms with Crippen LogP contribution >= 0.6 is 24.6 Å². The Hall–Kier alpha value is -1.68. The van der Waals surface area contributed by atoms with E-state index < -0.39 is 0 Å². The minimum absolute atomic E-state index is 0.0641. The van der Waals surface area contributed by atoms with Gasteiger partial charge in [0.05, 0.1) is 0 Å². The van der Waals surface area contributed by atoms with Crippen molar-refractivity contribution in [3.63, 3.8) is 0 Å². The molecule has 0 saturated carbocycles. The van der Waals surface area contributed by atoms with Crippen LogP contribution in [0.5, 0.6) is 0 Å². The molecule has 0 aliphatic heterocycles. The number of fused-ring (bicyclic) bond motifs is 2. The van der Waals surface area contributed by atoms with E-state index in [9.17, 15) is 9.59 Å². The van der Waals surface area contributed by atoms with Crippen LogP contribution in [0.25, 0.3) is 0 Å². The Kier molecular flexibility index (Phi) is 7.82. The second-order valence-electron chi connectivity index (χ2n) is 3.91. The summed E-state index contributed by atoms with van der Waals surface area (Å²) in [5.74, 6) is -0.128. The summed E-state index contributed by atoms with van der Waals surface area (Å²) in [6.07, 6.45) is 0. The number of hydrogen-bond donors (Lipinski definition) is 4. The van der Waals surface area contributed by atoms with Crippen LogP contribution in [0, 0.1) is 0 Å². The van der Waals surface area contributed by atoms with Gasteiger partial charge in [0.1, 0.15) is 0 Å². The molecule has 0 unspecified atom stereocenters. The van der Waals surface area contributed by atoms with E-state index in [1.165, 1.54) is 0 Å². The maximum atomic E-state index is 12.1. The molecule has 0 amide bonds. The second-order valence-corrected chi connectivity index (χ2v) is 4.24. The summed E-state index contributed by atoms with van der Waals surface area (Å²) in [7, 11) is 0. The van der Waals surface area contributed by atoms with Gasteiger partial charge in [-0.1, -0.05) is 48.5 Å². The SMILES string of the molecule is O=C1c2ccccc2C(=O)c2ccccc21.OSO.OSO. The van der Waals surface area contributed by atoms with Gasteiger partial charge in [0.25, 0.3) is 0 Å². The summed E-state index contributed by atoms with van der Waals surface area (Å²) in [6, 6.07) is 13.9. The minimum Gasteiger partial charge on any atom is -0.307 e. The highest BCUT2D eigenvalue weighted by atomic mass is 32.2. The van der Waals surface area contributed by atoms with Crippen LogP contribution in [-0.2, 0) is 0 Å². The maximum absolute atomic E-state index is 12.1. The van der Waals surface area contributed by atoms with E-state index in [-0.39, 0.29) is 36.2 Å². The molecule has 1 aliphatic rings. The number of carbonyl (C=O) groups excluding carboxylic acids is 2. The Balaban J connectivity index is 0.000000353. The van der Waals surface area contributed by atoms with Crippen LogP contribution in [0.2, 0.25) is 0 Å². The van der Waals surface area contributed by atoms with Gasteiger partial charge in [-0.15, -0.1) is 0 Å². The molecule has 0 atom stereocenters. The molecule has 0 radical (unpaired) electrons. The fraction of sp³-hybridized carbons (Fsp3) is 0. The van der Waals surface area contributed by atoms with Gasteiger partial charge in [0.15, 0.2) is 36.2 Å². The average Bonchev–Trinajstić information content (AvgIpc) is 2.54. The largest absolute Gasteiger partial charge is 0.307 e. The molecule has 0 fully saturated rings. The first kappa shape index (κ1) is 18.4. The van der Waals surface area contributed by atoms with Gasteiger partial charge in [-0.2, -0.15) is 0 Å². The van der Waals surface area contributed by atoms with Crippen molar-refractivity contribution in [2.45, 2.75) is 0 Å². The van der Waals surface area contributed by atoms with Gasteiger partial charge in [-0.25, -0.2) is 0 Å². The quantitative estimate of drug-likeness (QED) is 0.457. The minimum atomic E-state index is -0.250. The number of benzene rings is 2. The molecule has 0 aromatic heterocycles.